The Bertz CT molecular complexity index is 519. The van der Waals surface area contributed by atoms with Crippen molar-refractivity contribution in [2.75, 3.05) is 11.4 Å². The van der Waals surface area contributed by atoms with Crippen LogP contribution >= 0.6 is 15.9 Å². The van der Waals surface area contributed by atoms with Gasteiger partial charge in [0.25, 0.3) is 0 Å². The van der Waals surface area contributed by atoms with Crippen molar-refractivity contribution >= 4 is 33.6 Å². The number of hydrogen-bond donors (Lipinski definition) is 2. The summed E-state index contributed by atoms with van der Waals surface area (Å²) in [5, 5.41) is 11.5. The first-order chi connectivity index (χ1) is 8.97. The quantitative estimate of drug-likeness (QED) is 0.893. The maximum atomic E-state index is 11.9. The Morgan fingerprint density at radius 3 is 2.95 bits per heavy atom. The molecule has 1 atom stereocenters. The molecule has 1 fully saturated rings. The molecule has 102 valence electrons. The van der Waals surface area contributed by atoms with Crippen molar-refractivity contribution in [1.29, 1.82) is 0 Å². The molecule has 2 N–H and O–H groups in total. The van der Waals surface area contributed by atoms with Crippen molar-refractivity contribution < 1.29 is 14.7 Å². The molecule has 1 aliphatic rings. The number of rotatable bonds is 4. The maximum Gasteiger partial charge on any atom is 0.322 e. The lowest BCUT2D eigenvalue weighted by Gasteiger charge is -2.16. The van der Waals surface area contributed by atoms with Gasteiger partial charge in [-0.25, -0.2) is 4.79 Å². The van der Waals surface area contributed by atoms with E-state index in [0.717, 1.165) is 15.7 Å². The Balaban J connectivity index is 2.09. The summed E-state index contributed by atoms with van der Waals surface area (Å²) in [4.78, 5) is 24.1. The van der Waals surface area contributed by atoms with Gasteiger partial charge in [0, 0.05) is 23.5 Å². The molecule has 2 rings (SSSR count). The second kappa shape index (κ2) is 5.61. The number of nitrogens with one attached hydrogen (secondary N) is 1. The molecule has 5 nitrogen and oxygen atoms in total. The summed E-state index contributed by atoms with van der Waals surface area (Å²) in [7, 11) is 0. The van der Waals surface area contributed by atoms with E-state index < -0.39 is 5.97 Å². The standard InChI is InChI=1S/C13H15BrN2O3/c1-8-2-4-11(10(14)6-8)16-7-9(15-13(16)19)3-5-12(17)18/h2,4,6,9H,3,5,7H2,1H3,(H,15,19)(H,17,18). The van der Waals surface area contributed by atoms with Crippen molar-refractivity contribution in [1.82, 2.24) is 5.32 Å². The first-order valence-electron chi connectivity index (χ1n) is 6.03. The van der Waals surface area contributed by atoms with Gasteiger partial charge >= 0.3 is 12.0 Å². The van der Waals surface area contributed by atoms with Crippen LogP contribution in [0.5, 0.6) is 0 Å². The Morgan fingerprint density at radius 1 is 1.58 bits per heavy atom. The number of benzene rings is 1. The molecule has 1 aromatic carbocycles. The highest BCUT2D eigenvalue weighted by Gasteiger charge is 2.30. The molecule has 1 unspecified atom stereocenters. The monoisotopic (exact) mass is 326 g/mol. The van der Waals surface area contributed by atoms with E-state index in [4.69, 9.17) is 5.11 Å². The average molecular weight is 327 g/mol. The van der Waals surface area contributed by atoms with Gasteiger partial charge < -0.3 is 10.4 Å². The summed E-state index contributed by atoms with van der Waals surface area (Å²) < 4.78 is 0.863. The van der Waals surface area contributed by atoms with Gasteiger partial charge in [-0.2, -0.15) is 0 Å². The van der Waals surface area contributed by atoms with Gasteiger partial charge in [0.1, 0.15) is 0 Å². The molecule has 19 heavy (non-hydrogen) atoms. The lowest BCUT2D eigenvalue weighted by Crippen LogP contribution is -2.28. The number of urea groups is 1. The molecule has 0 aliphatic carbocycles. The average Bonchev–Trinajstić information content (AvgIpc) is 2.68. The predicted octanol–water partition coefficient (Wildman–Crippen LogP) is 2.52. The Kier molecular flexibility index (Phi) is 4.09. The fraction of sp³-hybridized carbons (Fsp3) is 0.385. The van der Waals surface area contributed by atoms with Crippen molar-refractivity contribution in [3.63, 3.8) is 0 Å². The summed E-state index contributed by atoms with van der Waals surface area (Å²) in [5.41, 5.74) is 1.92. The van der Waals surface area contributed by atoms with Gasteiger partial charge in [-0.15, -0.1) is 0 Å². The fourth-order valence-electron chi connectivity index (χ4n) is 2.10. The van der Waals surface area contributed by atoms with E-state index in [1.807, 2.05) is 25.1 Å². The zero-order valence-electron chi connectivity index (χ0n) is 10.5. The van der Waals surface area contributed by atoms with Crippen LogP contribution in [0.1, 0.15) is 18.4 Å². The van der Waals surface area contributed by atoms with E-state index in [1.165, 1.54) is 0 Å². The molecule has 0 spiro atoms. The van der Waals surface area contributed by atoms with E-state index >= 15 is 0 Å². The minimum Gasteiger partial charge on any atom is -0.481 e. The maximum absolute atomic E-state index is 11.9. The third-order valence-corrected chi connectivity index (χ3v) is 3.71. The Labute approximate surface area is 119 Å². The lowest BCUT2D eigenvalue weighted by molar-refractivity contribution is -0.137. The minimum atomic E-state index is -0.843. The Morgan fingerprint density at radius 2 is 2.32 bits per heavy atom. The van der Waals surface area contributed by atoms with Crippen molar-refractivity contribution in [3.05, 3.63) is 28.2 Å². The van der Waals surface area contributed by atoms with Gasteiger partial charge in [0.2, 0.25) is 0 Å². The molecule has 1 saturated heterocycles. The molecule has 1 aromatic rings. The second-order valence-corrected chi connectivity index (χ2v) is 5.50. The highest BCUT2D eigenvalue weighted by Crippen LogP contribution is 2.29. The van der Waals surface area contributed by atoms with Crippen LogP contribution in [0, 0.1) is 6.92 Å². The topological polar surface area (TPSA) is 69.6 Å². The Hall–Kier alpha value is -1.56. The van der Waals surface area contributed by atoms with E-state index in [-0.39, 0.29) is 18.5 Å². The van der Waals surface area contributed by atoms with E-state index in [1.54, 1.807) is 4.90 Å². The molecule has 0 aromatic heterocycles. The molecule has 1 heterocycles. The van der Waals surface area contributed by atoms with Crippen LogP contribution in [0.2, 0.25) is 0 Å². The fourth-order valence-corrected chi connectivity index (χ4v) is 2.81. The molecule has 0 radical (unpaired) electrons. The largest absolute Gasteiger partial charge is 0.481 e. The number of carboxylic acid groups (broad SMARTS) is 1. The lowest BCUT2D eigenvalue weighted by atomic mass is 10.1. The molecule has 2 amide bonds. The summed E-state index contributed by atoms with van der Waals surface area (Å²) in [6.07, 6.45) is 0.509. The predicted molar refractivity (Wildman–Crippen MR) is 75.4 cm³/mol. The van der Waals surface area contributed by atoms with Crippen LogP contribution in [0.25, 0.3) is 0 Å². The number of aliphatic carboxylic acids is 1. The van der Waals surface area contributed by atoms with E-state index in [9.17, 15) is 9.59 Å². The highest BCUT2D eigenvalue weighted by atomic mass is 79.9. The van der Waals surface area contributed by atoms with E-state index in [2.05, 4.69) is 21.2 Å². The summed E-state index contributed by atoms with van der Waals surface area (Å²) in [6.45, 7) is 2.47. The van der Waals surface area contributed by atoms with Crippen molar-refractivity contribution in [2.24, 2.45) is 0 Å². The number of amides is 2. The number of aryl methyl sites for hydroxylation is 1. The van der Waals surface area contributed by atoms with Crippen LogP contribution in [-0.2, 0) is 4.79 Å². The molecule has 6 heteroatoms. The number of carboxylic acids is 1. The zero-order valence-corrected chi connectivity index (χ0v) is 12.1. The van der Waals surface area contributed by atoms with Crippen molar-refractivity contribution in [3.8, 4) is 0 Å². The first kappa shape index (κ1) is 13.9. The number of hydrogen-bond acceptors (Lipinski definition) is 2. The summed E-state index contributed by atoms with van der Waals surface area (Å²) in [6, 6.07) is 5.49. The number of carbonyl (C=O) groups is 2. The molecule has 0 saturated carbocycles. The van der Waals surface area contributed by atoms with Crippen LogP contribution in [0.15, 0.2) is 22.7 Å². The van der Waals surface area contributed by atoms with Gasteiger partial charge in [0.05, 0.1) is 5.69 Å². The highest BCUT2D eigenvalue weighted by molar-refractivity contribution is 9.10. The molecule has 1 aliphatic heterocycles. The normalized spacial score (nSPS) is 18.5. The van der Waals surface area contributed by atoms with Gasteiger partial charge in [-0.05, 0) is 47.0 Å². The van der Waals surface area contributed by atoms with Crippen LogP contribution < -0.4 is 10.2 Å². The van der Waals surface area contributed by atoms with Gasteiger partial charge in [-0.3, -0.25) is 9.69 Å². The summed E-state index contributed by atoms with van der Waals surface area (Å²) in [5.74, 6) is -0.843. The molecular weight excluding hydrogens is 312 g/mol. The van der Waals surface area contributed by atoms with Crippen LogP contribution in [-0.4, -0.2) is 29.7 Å². The zero-order chi connectivity index (χ0) is 14.0. The smallest absolute Gasteiger partial charge is 0.322 e. The number of nitrogens with zero attached hydrogens (tertiary/aromatic N) is 1. The third kappa shape index (κ3) is 3.26. The van der Waals surface area contributed by atoms with Gasteiger partial charge in [0.15, 0.2) is 0 Å². The summed E-state index contributed by atoms with van der Waals surface area (Å²) >= 11 is 3.45. The number of halogens is 1. The van der Waals surface area contributed by atoms with Crippen LogP contribution in [0.3, 0.4) is 0 Å². The van der Waals surface area contributed by atoms with Crippen molar-refractivity contribution in [2.45, 2.75) is 25.8 Å². The molecular formula is C13H15BrN2O3. The van der Waals surface area contributed by atoms with E-state index in [0.29, 0.717) is 13.0 Å². The second-order valence-electron chi connectivity index (χ2n) is 4.64. The molecule has 0 bridgehead atoms. The van der Waals surface area contributed by atoms with Gasteiger partial charge in [-0.1, -0.05) is 6.07 Å². The SMILES string of the molecule is Cc1ccc(N2CC(CCC(=O)O)NC2=O)c(Br)c1. The number of carbonyl (C=O) groups excluding carboxylic acids is 1. The minimum absolute atomic E-state index is 0.0633. The van der Waals surface area contributed by atoms with Crippen LogP contribution in [0.4, 0.5) is 10.5 Å². The number of anilines is 1. The first-order valence-corrected chi connectivity index (χ1v) is 6.82. The third-order valence-electron chi connectivity index (χ3n) is 3.08.